The molecule has 1 fully saturated rings. The highest BCUT2D eigenvalue weighted by Crippen LogP contribution is 2.18. The van der Waals surface area contributed by atoms with Gasteiger partial charge < -0.3 is 20.3 Å². The van der Waals surface area contributed by atoms with Crippen molar-refractivity contribution in [1.82, 2.24) is 5.32 Å². The quantitative estimate of drug-likeness (QED) is 0.457. The topological polar surface area (TPSA) is 78.8 Å². The maximum atomic E-state index is 10.6. The molecule has 0 saturated carbocycles. The van der Waals surface area contributed by atoms with Gasteiger partial charge in [-0.05, 0) is 6.92 Å². The van der Waals surface area contributed by atoms with Gasteiger partial charge in [0, 0.05) is 6.92 Å². The Labute approximate surface area is 70.3 Å². The van der Waals surface area contributed by atoms with Gasteiger partial charge in [0.15, 0.2) is 6.29 Å². The first-order chi connectivity index (χ1) is 5.52. The first-order valence-electron chi connectivity index (χ1n) is 3.81. The lowest BCUT2D eigenvalue weighted by Gasteiger charge is -2.17. The normalized spacial score (nSPS) is 41.3. The Balaban J connectivity index is 2.57. The predicted molar refractivity (Wildman–Crippen MR) is 40.2 cm³/mol. The van der Waals surface area contributed by atoms with Crippen molar-refractivity contribution in [3.05, 3.63) is 0 Å². The van der Waals surface area contributed by atoms with E-state index in [4.69, 9.17) is 9.84 Å². The van der Waals surface area contributed by atoms with Crippen molar-refractivity contribution in [3.8, 4) is 0 Å². The van der Waals surface area contributed by atoms with Gasteiger partial charge in [0.05, 0.1) is 12.1 Å². The number of hydrogen-bond acceptors (Lipinski definition) is 4. The van der Waals surface area contributed by atoms with Gasteiger partial charge in [0.2, 0.25) is 5.91 Å². The number of amides is 1. The fourth-order valence-electron chi connectivity index (χ4n) is 1.28. The Bertz CT molecular complexity index is 184. The van der Waals surface area contributed by atoms with Crippen molar-refractivity contribution in [3.63, 3.8) is 0 Å². The molecule has 1 rings (SSSR count). The molecule has 0 aliphatic carbocycles. The minimum absolute atomic E-state index is 0.247. The number of carbonyl (C=O) groups is 1. The van der Waals surface area contributed by atoms with Gasteiger partial charge >= 0.3 is 0 Å². The minimum Gasteiger partial charge on any atom is -0.386 e. The highest BCUT2D eigenvalue weighted by molar-refractivity contribution is 5.73. The molecule has 4 atom stereocenters. The van der Waals surface area contributed by atoms with Gasteiger partial charge in [-0.2, -0.15) is 0 Å². The largest absolute Gasteiger partial charge is 0.386 e. The van der Waals surface area contributed by atoms with Crippen molar-refractivity contribution in [1.29, 1.82) is 0 Å². The second-order valence-electron chi connectivity index (χ2n) is 2.95. The molecule has 0 radical (unpaired) electrons. The molecule has 4 unspecified atom stereocenters. The number of aliphatic hydroxyl groups is 2. The molecule has 0 aromatic heterocycles. The first kappa shape index (κ1) is 9.44. The second-order valence-corrected chi connectivity index (χ2v) is 2.95. The van der Waals surface area contributed by atoms with Gasteiger partial charge in [-0.1, -0.05) is 0 Å². The first-order valence-corrected chi connectivity index (χ1v) is 3.81. The van der Waals surface area contributed by atoms with E-state index < -0.39 is 18.4 Å². The Morgan fingerprint density at radius 3 is 2.42 bits per heavy atom. The summed E-state index contributed by atoms with van der Waals surface area (Å²) in [4.78, 5) is 10.6. The third kappa shape index (κ3) is 1.74. The molecule has 0 spiro atoms. The van der Waals surface area contributed by atoms with Crippen LogP contribution in [0.2, 0.25) is 0 Å². The number of rotatable bonds is 1. The van der Waals surface area contributed by atoms with E-state index in [-0.39, 0.29) is 12.0 Å². The van der Waals surface area contributed by atoms with Crippen LogP contribution in [0.3, 0.4) is 0 Å². The lowest BCUT2D eigenvalue weighted by Crippen LogP contribution is -2.46. The standard InChI is InChI=1S/C7H13NO4/c1-3-5(8-4(2)9)6(10)7(11)12-3/h3,5-7,10-11H,1-2H3,(H,8,9). The Kier molecular flexibility index (Phi) is 2.66. The van der Waals surface area contributed by atoms with Gasteiger partial charge in [0.1, 0.15) is 6.10 Å². The van der Waals surface area contributed by atoms with E-state index in [1.807, 2.05) is 0 Å². The molecule has 70 valence electrons. The van der Waals surface area contributed by atoms with Crippen molar-refractivity contribution in [2.45, 2.75) is 38.4 Å². The average Bonchev–Trinajstić information content (AvgIpc) is 2.16. The maximum Gasteiger partial charge on any atom is 0.217 e. The van der Waals surface area contributed by atoms with Crippen LogP contribution >= 0.6 is 0 Å². The predicted octanol–water partition coefficient (Wildman–Crippen LogP) is -1.41. The number of nitrogens with one attached hydrogen (secondary N) is 1. The fourth-order valence-corrected chi connectivity index (χ4v) is 1.28. The maximum absolute atomic E-state index is 10.6. The molecule has 1 aliphatic heterocycles. The van der Waals surface area contributed by atoms with Crippen LogP contribution in [0.25, 0.3) is 0 Å². The van der Waals surface area contributed by atoms with Crippen LogP contribution in [0, 0.1) is 0 Å². The summed E-state index contributed by atoms with van der Waals surface area (Å²) in [6.07, 6.45) is -2.60. The molecule has 5 nitrogen and oxygen atoms in total. The number of hydrogen-bond donors (Lipinski definition) is 3. The highest BCUT2D eigenvalue weighted by Gasteiger charge is 2.40. The zero-order chi connectivity index (χ0) is 9.30. The van der Waals surface area contributed by atoms with E-state index in [1.54, 1.807) is 6.92 Å². The molecule has 1 heterocycles. The zero-order valence-corrected chi connectivity index (χ0v) is 7.02. The monoisotopic (exact) mass is 175 g/mol. The average molecular weight is 175 g/mol. The molecule has 12 heavy (non-hydrogen) atoms. The highest BCUT2D eigenvalue weighted by atomic mass is 16.6. The number of carbonyl (C=O) groups excluding carboxylic acids is 1. The van der Waals surface area contributed by atoms with Crippen molar-refractivity contribution < 1.29 is 19.7 Å². The summed E-state index contributed by atoms with van der Waals surface area (Å²) in [7, 11) is 0. The van der Waals surface area contributed by atoms with Gasteiger partial charge in [-0.15, -0.1) is 0 Å². The summed E-state index contributed by atoms with van der Waals surface area (Å²) >= 11 is 0. The van der Waals surface area contributed by atoms with Crippen molar-refractivity contribution in [2.75, 3.05) is 0 Å². The lowest BCUT2D eigenvalue weighted by molar-refractivity contribution is -0.124. The summed E-state index contributed by atoms with van der Waals surface area (Å²) in [6, 6.07) is -0.516. The van der Waals surface area contributed by atoms with E-state index in [9.17, 15) is 9.90 Å². The molecule has 1 aliphatic rings. The molecule has 1 saturated heterocycles. The fraction of sp³-hybridized carbons (Fsp3) is 0.857. The van der Waals surface area contributed by atoms with E-state index in [0.717, 1.165) is 0 Å². The van der Waals surface area contributed by atoms with Crippen LogP contribution in [0.15, 0.2) is 0 Å². The SMILES string of the molecule is CC(=O)NC1C(C)OC(O)C1O. The molecule has 1 amide bonds. The van der Waals surface area contributed by atoms with E-state index in [0.29, 0.717) is 0 Å². The molecule has 0 bridgehead atoms. The molecule has 3 N–H and O–H groups in total. The third-order valence-electron chi connectivity index (χ3n) is 1.89. The molecule has 0 aromatic carbocycles. The van der Waals surface area contributed by atoms with Crippen molar-refractivity contribution in [2.24, 2.45) is 0 Å². The zero-order valence-electron chi connectivity index (χ0n) is 7.02. The van der Waals surface area contributed by atoms with Crippen molar-refractivity contribution >= 4 is 5.91 Å². The summed E-state index contributed by atoms with van der Waals surface area (Å²) < 4.78 is 4.88. The van der Waals surface area contributed by atoms with Gasteiger partial charge in [-0.25, -0.2) is 0 Å². The van der Waals surface area contributed by atoms with Gasteiger partial charge in [0.25, 0.3) is 0 Å². The lowest BCUT2D eigenvalue weighted by atomic mass is 10.1. The van der Waals surface area contributed by atoms with E-state index >= 15 is 0 Å². The summed E-state index contributed by atoms with van der Waals surface area (Å²) in [6.45, 7) is 3.03. The summed E-state index contributed by atoms with van der Waals surface area (Å²) in [5.41, 5.74) is 0. The molecular weight excluding hydrogens is 162 g/mol. The Hall–Kier alpha value is -0.650. The Morgan fingerprint density at radius 2 is 2.08 bits per heavy atom. The smallest absolute Gasteiger partial charge is 0.217 e. The van der Waals surface area contributed by atoms with Crippen LogP contribution in [0.4, 0.5) is 0 Å². The molecule has 0 aromatic rings. The van der Waals surface area contributed by atoms with Gasteiger partial charge in [-0.3, -0.25) is 4.79 Å². The van der Waals surface area contributed by atoms with Crippen LogP contribution in [-0.2, 0) is 9.53 Å². The van der Waals surface area contributed by atoms with E-state index in [2.05, 4.69) is 5.32 Å². The second kappa shape index (κ2) is 3.38. The van der Waals surface area contributed by atoms with Crippen LogP contribution in [-0.4, -0.2) is 40.7 Å². The number of ether oxygens (including phenoxy) is 1. The van der Waals surface area contributed by atoms with E-state index in [1.165, 1.54) is 6.92 Å². The van der Waals surface area contributed by atoms with Crippen LogP contribution in [0.5, 0.6) is 0 Å². The molecular formula is C7H13NO4. The van der Waals surface area contributed by atoms with Crippen LogP contribution < -0.4 is 5.32 Å². The van der Waals surface area contributed by atoms with Crippen LogP contribution in [0.1, 0.15) is 13.8 Å². The molecule has 5 heteroatoms. The number of aliphatic hydroxyl groups excluding tert-OH is 2. The Morgan fingerprint density at radius 1 is 1.50 bits per heavy atom. The minimum atomic E-state index is -1.20. The summed E-state index contributed by atoms with van der Waals surface area (Å²) in [5.74, 6) is -0.247. The summed E-state index contributed by atoms with van der Waals surface area (Å²) in [5, 5.41) is 20.8. The third-order valence-corrected chi connectivity index (χ3v) is 1.89.